The molecule has 2 heterocycles. The van der Waals surface area contributed by atoms with E-state index in [1.165, 1.54) is 11.3 Å². The number of hydrogen-bond donors (Lipinski definition) is 1. The highest BCUT2D eigenvalue weighted by molar-refractivity contribution is 7.13. The van der Waals surface area contributed by atoms with E-state index in [1.54, 1.807) is 25.3 Å². The predicted molar refractivity (Wildman–Crippen MR) is 127 cm³/mol. The lowest BCUT2D eigenvalue weighted by Gasteiger charge is -2.24. The van der Waals surface area contributed by atoms with Gasteiger partial charge in [-0.1, -0.05) is 35.9 Å². The number of nitrogens with zero attached hydrogens (tertiary/aromatic N) is 1. The predicted octanol–water partition coefficient (Wildman–Crippen LogP) is 5.74. The van der Waals surface area contributed by atoms with Gasteiger partial charge in [0.1, 0.15) is 10.8 Å². The molecule has 1 N–H and O–H groups in total. The minimum absolute atomic E-state index is 0.0266. The summed E-state index contributed by atoms with van der Waals surface area (Å²) in [6, 6.07) is 16.8. The van der Waals surface area contributed by atoms with Crippen LogP contribution < -0.4 is 10.3 Å². The molecule has 0 fully saturated rings. The van der Waals surface area contributed by atoms with Crippen LogP contribution in [0.3, 0.4) is 0 Å². The Hall–Kier alpha value is -3.22. The number of ketones is 1. The number of hydrogen-bond acceptors (Lipinski definition) is 5. The van der Waals surface area contributed by atoms with Crippen LogP contribution >= 0.6 is 22.9 Å². The summed E-state index contributed by atoms with van der Waals surface area (Å²) in [5.74, 6) is 0.827. The first-order valence-electron chi connectivity index (χ1n) is 10.2. The molecule has 1 atom stereocenters. The molecule has 7 heteroatoms. The summed E-state index contributed by atoms with van der Waals surface area (Å²) < 4.78 is 5.21. The molecule has 5 nitrogen and oxygen atoms in total. The van der Waals surface area contributed by atoms with Gasteiger partial charge in [0.25, 0.3) is 5.56 Å². The Morgan fingerprint density at radius 2 is 1.78 bits per heavy atom. The maximum Gasteiger partial charge on any atom is 0.258 e. The van der Waals surface area contributed by atoms with Crippen LogP contribution in [0.2, 0.25) is 5.02 Å². The van der Waals surface area contributed by atoms with E-state index >= 15 is 0 Å². The Balaban J connectivity index is 1.46. The fourth-order valence-electron chi connectivity index (χ4n) is 4.05. The smallest absolute Gasteiger partial charge is 0.258 e. The number of H-pyrrole nitrogens is 1. The van der Waals surface area contributed by atoms with E-state index in [0.717, 1.165) is 22.6 Å². The molecule has 0 aliphatic heterocycles. The molecule has 0 amide bonds. The lowest BCUT2D eigenvalue weighted by atomic mass is 9.81. The second kappa shape index (κ2) is 8.37. The molecule has 1 aliphatic rings. The Labute approximate surface area is 193 Å². The minimum atomic E-state index is -0.232. The summed E-state index contributed by atoms with van der Waals surface area (Å²) in [6.07, 6.45) is 1.01. The average molecular weight is 463 g/mol. The van der Waals surface area contributed by atoms with Crippen molar-refractivity contribution in [1.29, 1.82) is 0 Å². The van der Waals surface area contributed by atoms with Gasteiger partial charge in [0, 0.05) is 33.6 Å². The molecule has 0 saturated carbocycles. The van der Waals surface area contributed by atoms with Crippen LogP contribution in [-0.2, 0) is 6.42 Å². The second-order valence-corrected chi connectivity index (χ2v) is 9.05. The number of benzene rings is 2. The van der Waals surface area contributed by atoms with E-state index in [4.69, 9.17) is 16.3 Å². The first-order valence-corrected chi connectivity index (χ1v) is 11.4. The highest BCUT2D eigenvalue weighted by Crippen LogP contribution is 2.34. The number of rotatable bonds is 4. The van der Waals surface area contributed by atoms with Gasteiger partial charge in [-0.05, 0) is 48.2 Å². The molecule has 1 aliphatic carbocycles. The Morgan fingerprint density at radius 1 is 1.03 bits per heavy atom. The summed E-state index contributed by atoms with van der Waals surface area (Å²) in [6.45, 7) is 0. The lowest BCUT2D eigenvalue weighted by molar-refractivity contribution is 0.0963. The van der Waals surface area contributed by atoms with Gasteiger partial charge in [-0.25, -0.2) is 4.98 Å². The van der Waals surface area contributed by atoms with Crippen LogP contribution in [0.15, 0.2) is 64.8 Å². The number of carbonyl (C=O) groups excluding carboxylic acids is 1. The molecule has 5 rings (SSSR count). The molecular formula is C25H19ClN2O3S. The lowest BCUT2D eigenvalue weighted by Crippen LogP contribution is -2.24. The van der Waals surface area contributed by atoms with E-state index in [1.807, 2.05) is 41.8 Å². The number of carbonyl (C=O) groups is 1. The van der Waals surface area contributed by atoms with E-state index in [-0.39, 0.29) is 17.3 Å². The Bertz CT molecular complexity index is 1360. The van der Waals surface area contributed by atoms with Crippen molar-refractivity contribution in [3.8, 4) is 27.6 Å². The zero-order valence-corrected chi connectivity index (χ0v) is 18.8. The summed E-state index contributed by atoms with van der Waals surface area (Å²) >= 11 is 7.35. The van der Waals surface area contributed by atoms with Gasteiger partial charge >= 0.3 is 0 Å². The summed E-state index contributed by atoms with van der Waals surface area (Å²) in [5, 5.41) is 3.14. The molecule has 32 heavy (non-hydrogen) atoms. The highest BCUT2D eigenvalue weighted by Gasteiger charge is 2.28. The summed E-state index contributed by atoms with van der Waals surface area (Å²) in [4.78, 5) is 33.4. The molecule has 2 aromatic heterocycles. The Kier molecular flexibility index (Phi) is 5.41. The van der Waals surface area contributed by atoms with Crippen molar-refractivity contribution in [2.45, 2.75) is 18.8 Å². The maximum atomic E-state index is 13.0. The number of ether oxygens (including phenoxy) is 1. The van der Waals surface area contributed by atoms with Crippen molar-refractivity contribution in [3.05, 3.63) is 92.2 Å². The van der Waals surface area contributed by atoms with Crippen LogP contribution in [0.4, 0.5) is 0 Å². The standard InChI is InChI=1S/C25H19ClN2O3S/c1-31-18-8-4-14(5-9-18)16-10-21-19(23(29)11-16)12-20(24(30)27-21)25-28-22(13-32-25)15-2-6-17(26)7-3-15/h2-9,12-13,16H,10-11H2,1H3,(H,27,30)/t16-/m0/s1. The maximum absolute atomic E-state index is 13.0. The monoisotopic (exact) mass is 462 g/mol. The number of Topliss-reactive ketones (excluding diaryl/α,β-unsaturated/α-hetero) is 1. The normalized spacial score (nSPS) is 15.4. The van der Waals surface area contributed by atoms with Crippen molar-refractivity contribution in [1.82, 2.24) is 9.97 Å². The molecule has 160 valence electrons. The average Bonchev–Trinajstić information content (AvgIpc) is 3.29. The van der Waals surface area contributed by atoms with E-state index in [9.17, 15) is 9.59 Å². The molecular weight excluding hydrogens is 444 g/mol. The summed E-state index contributed by atoms with van der Waals surface area (Å²) in [5.41, 5.74) is 4.20. The fraction of sp³-hybridized carbons (Fsp3) is 0.160. The van der Waals surface area contributed by atoms with Gasteiger partial charge in [0.2, 0.25) is 0 Å². The first kappa shape index (κ1) is 20.7. The van der Waals surface area contributed by atoms with Gasteiger partial charge in [-0.3, -0.25) is 9.59 Å². The number of methoxy groups -OCH3 is 1. The third kappa shape index (κ3) is 3.87. The molecule has 4 aromatic rings. The number of thiazole rings is 1. The highest BCUT2D eigenvalue weighted by atomic mass is 35.5. The van der Waals surface area contributed by atoms with Crippen molar-refractivity contribution < 1.29 is 9.53 Å². The fourth-order valence-corrected chi connectivity index (χ4v) is 5.02. The van der Waals surface area contributed by atoms with Gasteiger partial charge in [0.15, 0.2) is 5.78 Å². The number of fused-ring (bicyclic) bond motifs is 1. The number of aromatic nitrogens is 2. The Morgan fingerprint density at radius 3 is 2.50 bits per heavy atom. The number of pyridine rings is 1. The SMILES string of the molecule is COc1ccc([C@@H]2CC(=O)c3cc(-c4nc(-c5ccc(Cl)cc5)cs4)c(=O)[nH]c3C2)cc1. The third-order valence-electron chi connectivity index (χ3n) is 5.77. The van der Waals surface area contributed by atoms with Crippen LogP contribution in [0.1, 0.15) is 34.0 Å². The largest absolute Gasteiger partial charge is 0.497 e. The summed E-state index contributed by atoms with van der Waals surface area (Å²) in [7, 11) is 1.62. The van der Waals surface area contributed by atoms with E-state index in [0.29, 0.717) is 39.7 Å². The van der Waals surface area contributed by atoms with Crippen molar-refractivity contribution in [3.63, 3.8) is 0 Å². The van der Waals surface area contributed by atoms with Gasteiger partial charge < -0.3 is 9.72 Å². The van der Waals surface area contributed by atoms with Gasteiger partial charge in [-0.2, -0.15) is 0 Å². The quantitative estimate of drug-likeness (QED) is 0.419. The molecule has 0 unspecified atom stereocenters. The van der Waals surface area contributed by atoms with E-state index < -0.39 is 0 Å². The van der Waals surface area contributed by atoms with Crippen molar-refractivity contribution >= 4 is 28.7 Å². The number of nitrogens with one attached hydrogen (secondary N) is 1. The second-order valence-electron chi connectivity index (χ2n) is 7.75. The molecule has 0 spiro atoms. The van der Waals surface area contributed by atoms with Gasteiger partial charge in [0.05, 0.1) is 18.4 Å². The van der Waals surface area contributed by atoms with Crippen LogP contribution in [-0.4, -0.2) is 22.9 Å². The topological polar surface area (TPSA) is 72.0 Å². The molecule has 0 bridgehead atoms. The number of aromatic amines is 1. The van der Waals surface area contributed by atoms with Crippen LogP contribution in [0, 0.1) is 0 Å². The third-order valence-corrected chi connectivity index (χ3v) is 6.89. The number of halogens is 1. The molecule has 0 saturated heterocycles. The van der Waals surface area contributed by atoms with Crippen LogP contribution in [0.25, 0.3) is 21.8 Å². The van der Waals surface area contributed by atoms with Crippen molar-refractivity contribution in [2.75, 3.05) is 7.11 Å². The molecule has 0 radical (unpaired) electrons. The van der Waals surface area contributed by atoms with Gasteiger partial charge in [-0.15, -0.1) is 11.3 Å². The zero-order chi connectivity index (χ0) is 22.2. The zero-order valence-electron chi connectivity index (χ0n) is 17.2. The minimum Gasteiger partial charge on any atom is -0.497 e. The van der Waals surface area contributed by atoms with Crippen molar-refractivity contribution in [2.24, 2.45) is 0 Å². The van der Waals surface area contributed by atoms with E-state index in [2.05, 4.69) is 9.97 Å². The molecule has 2 aromatic carbocycles. The van der Waals surface area contributed by atoms with Crippen LogP contribution in [0.5, 0.6) is 5.75 Å². The first-order chi connectivity index (χ1) is 15.5.